The molecule has 4 heteroatoms. The molecule has 0 N–H and O–H groups in total. The third-order valence-corrected chi connectivity index (χ3v) is 3.92. The molecule has 0 aliphatic carbocycles. The third-order valence-electron chi connectivity index (χ3n) is 3.92. The maximum atomic E-state index is 2.40. The molecule has 0 saturated carbocycles. The van der Waals surface area contributed by atoms with Crippen molar-refractivity contribution in [3.8, 4) is 11.6 Å². The molecule has 0 spiro atoms. The molecule has 0 aliphatic rings. The van der Waals surface area contributed by atoms with Gasteiger partial charge >= 0.3 is 11.6 Å². The largest absolute Gasteiger partial charge is 0.373 e. The monoisotopic (exact) mass is 276 g/mol. The summed E-state index contributed by atoms with van der Waals surface area (Å²) in [5.74, 6) is 2.65. The van der Waals surface area contributed by atoms with Crippen molar-refractivity contribution in [3.63, 3.8) is 0 Å². The highest BCUT2D eigenvalue weighted by Crippen LogP contribution is 2.13. The minimum absolute atomic E-state index is 1.00. The van der Waals surface area contributed by atoms with Crippen LogP contribution < -0.4 is 9.13 Å². The van der Waals surface area contributed by atoms with Crippen LogP contribution in [-0.4, -0.2) is 9.13 Å². The van der Waals surface area contributed by atoms with Gasteiger partial charge in [-0.25, -0.2) is 18.3 Å². The molecule has 4 nitrogen and oxygen atoms in total. The molecule has 110 valence electrons. The Bertz CT molecular complexity index is 529. The molecule has 0 aromatic carbocycles. The summed E-state index contributed by atoms with van der Waals surface area (Å²) in [7, 11) is 0. The van der Waals surface area contributed by atoms with Gasteiger partial charge in [-0.1, -0.05) is 13.3 Å². The summed E-state index contributed by atoms with van der Waals surface area (Å²) >= 11 is 0. The van der Waals surface area contributed by atoms with Crippen molar-refractivity contribution >= 4 is 0 Å². The first-order valence-electron chi connectivity index (χ1n) is 7.94. The van der Waals surface area contributed by atoms with Crippen LogP contribution in [0.4, 0.5) is 0 Å². The van der Waals surface area contributed by atoms with Crippen molar-refractivity contribution in [2.45, 2.75) is 66.7 Å². The second kappa shape index (κ2) is 6.73. The van der Waals surface area contributed by atoms with Crippen LogP contribution >= 0.6 is 0 Å². The molecule has 2 heterocycles. The van der Waals surface area contributed by atoms with Crippen molar-refractivity contribution in [2.24, 2.45) is 0 Å². The number of nitrogens with zero attached hydrogens (tertiary/aromatic N) is 4. The standard InChI is InChI=1S/C16H28N4/c1-5-9-10-20-14-13-19(8-4)16(20)15-17(6-2)11-12-18(15)7-3/h11-14H,5-10H2,1-4H3/q+2. The summed E-state index contributed by atoms with van der Waals surface area (Å²) < 4.78 is 9.44. The van der Waals surface area contributed by atoms with Gasteiger partial charge in [0.2, 0.25) is 0 Å². The predicted octanol–water partition coefficient (Wildman–Crippen LogP) is 2.39. The van der Waals surface area contributed by atoms with Crippen molar-refractivity contribution in [1.29, 1.82) is 0 Å². The molecule has 0 fully saturated rings. The Labute approximate surface area is 122 Å². The minimum Gasteiger partial charge on any atom is -0.224 e. The Balaban J connectivity index is 2.54. The number of hydrogen-bond donors (Lipinski definition) is 0. The number of rotatable bonds is 7. The normalized spacial score (nSPS) is 11.2. The molecular formula is C16H28N4+2. The van der Waals surface area contributed by atoms with E-state index in [1.165, 1.54) is 24.5 Å². The van der Waals surface area contributed by atoms with Crippen molar-refractivity contribution < 1.29 is 9.13 Å². The lowest BCUT2D eigenvalue weighted by Crippen LogP contribution is -2.42. The summed E-state index contributed by atoms with van der Waals surface area (Å²) in [5, 5.41) is 0. The summed E-state index contributed by atoms with van der Waals surface area (Å²) in [6.45, 7) is 13.0. The van der Waals surface area contributed by atoms with Gasteiger partial charge in [-0.2, -0.15) is 0 Å². The second-order valence-electron chi connectivity index (χ2n) is 5.15. The highest BCUT2D eigenvalue weighted by molar-refractivity contribution is 5.36. The summed E-state index contributed by atoms with van der Waals surface area (Å²) in [5.41, 5.74) is 0. The molecule has 0 amide bonds. The first kappa shape index (κ1) is 14.8. The van der Waals surface area contributed by atoms with Gasteiger partial charge in [0, 0.05) is 0 Å². The molecule has 2 aromatic rings. The lowest BCUT2D eigenvalue weighted by molar-refractivity contribution is -0.713. The fourth-order valence-electron chi connectivity index (χ4n) is 2.72. The molecule has 2 rings (SSSR count). The highest BCUT2D eigenvalue weighted by Gasteiger charge is 2.30. The van der Waals surface area contributed by atoms with Crippen molar-refractivity contribution in [1.82, 2.24) is 9.13 Å². The maximum absolute atomic E-state index is 2.40. The van der Waals surface area contributed by atoms with E-state index in [-0.39, 0.29) is 0 Å². The van der Waals surface area contributed by atoms with E-state index in [9.17, 15) is 0 Å². The van der Waals surface area contributed by atoms with E-state index < -0.39 is 0 Å². The van der Waals surface area contributed by atoms with E-state index in [0.29, 0.717) is 0 Å². The number of aromatic nitrogens is 4. The van der Waals surface area contributed by atoms with Gasteiger partial charge < -0.3 is 0 Å². The lowest BCUT2D eigenvalue weighted by atomic mass is 10.3. The van der Waals surface area contributed by atoms with Crippen molar-refractivity contribution in [2.75, 3.05) is 0 Å². The van der Waals surface area contributed by atoms with Crippen molar-refractivity contribution in [3.05, 3.63) is 24.8 Å². The molecule has 0 atom stereocenters. The molecule has 20 heavy (non-hydrogen) atoms. The SMILES string of the molecule is CCCC[n+]1ccn(CC)c1-c1n(CC)cc[n+]1CC. The van der Waals surface area contributed by atoms with E-state index in [1.54, 1.807) is 0 Å². The van der Waals surface area contributed by atoms with Gasteiger partial charge in [0.05, 0.1) is 26.2 Å². The fourth-order valence-corrected chi connectivity index (χ4v) is 2.72. The summed E-state index contributed by atoms with van der Waals surface area (Å²) in [4.78, 5) is 0. The highest BCUT2D eigenvalue weighted by atomic mass is 15.2. The molecule has 2 aromatic heterocycles. The smallest absolute Gasteiger partial charge is 0.224 e. The van der Waals surface area contributed by atoms with Crippen LogP contribution in [0.3, 0.4) is 0 Å². The Kier molecular flexibility index (Phi) is 4.99. The number of imidazole rings is 2. The zero-order chi connectivity index (χ0) is 14.5. The Morgan fingerprint density at radius 2 is 1.40 bits per heavy atom. The van der Waals surface area contributed by atoms with E-state index in [2.05, 4.69) is 70.8 Å². The van der Waals surface area contributed by atoms with Crippen LogP contribution in [0.1, 0.15) is 40.5 Å². The van der Waals surface area contributed by atoms with E-state index in [0.717, 1.165) is 26.2 Å². The zero-order valence-electron chi connectivity index (χ0n) is 13.3. The quantitative estimate of drug-likeness (QED) is 0.691. The fraction of sp³-hybridized carbons (Fsp3) is 0.625. The average molecular weight is 276 g/mol. The van der Waals surface area contributed by atoms with E-state index >= 15 is 0 Å². The maximum Gasteiger partial charge on any atom is 0.373 e. The molecule has 0 bridgehead atoms. The van der Waals surface area contributed by atoms with Gasteiger partial charge in [-0.15, -0.1) is 0 Å². The third kappa shape index (κ3) is 2.65. The number of aryl methyl sites for hydroxylation is 4. The van der Waals surface area contributed by atoms with Crippen LogP contribution in [0.2, 0.25) is 0 Å². The predicted molar refractivity (Wildman–Crippen MR) is 80.2 cm³/mol. The Morgan fingerprint density at radius 3 is 1.90 bits per heavy atom. The van der Waals surface area contributed by atoms with Gasteiger partial charge in [0.15, 0.2) is 0 Å². The first-order valence-corrected chi connectivity index (χ1v) is 7.94. The second-order valence-corrected chi connectivity index (χ2v) is 5.15. The first-order chi connectivity index (χ1) is 9.76. The van der Waals surface area contributed by atoms with Crippen LogP contribution in [0.25, 0.3) is 11.6 Å². The summed E-state index contributed by atoms with van der Waals surface area (Å²) in [6.07, 6.45) is 11.3. The minimum atomic E-state index is 1.00. The molecular weight excluding hydrogens is 248 g/mol. The van der Waals surface area contributed by atoms with Crippen LogP contribution in [0.15, 0.2) is 24.8 Å². The van der Waals surface area contributed by atoms with E-state index in [1.807, 2.05) is 0 Å². The zero-order valence-corrected chi connectivity index (χ0v) is 13.3. The molecule has 0 aliphatic heterocycles. The Hall–Kier alpha value is -1.58. The summed E-state index contributed by atoms with van der Waals surface area (Å²) in [6, 6.07) is 0. The molecule has 0 saturated heterocycles. The van der Waals surface area contributed by atoms with Gasteiger partial charge in [0.25, 0.3) is 0 Å². The van der Waals surface area contributed by atoms with Gasteiger partial charge in [0.1, 0.15) is 24.8 Å². The van der Waals surface area contributed by atoms with Crippen LogP contribution in [0.5, 0.6) is 0 Å². The lowest BCUT2D eigenvalue weighted by Gasteiger charge is -2.04. The molecule has 0 radical (unpaired) electrons. The topological polar surface area (TPSA) is 17.6 Å². The van der Waals surface area contributed by atoms with Gasteiger partial charge in [-0.05, 0) is 27.2 Å². The molecule has 0 unspecified atom stereocenters. The van der Waals surface area contributed by atoms with Crippen LogP contribution in [-0.2, 0) is 26.2 Å². The Morgan fingerprint density at radius 1 is 0.850 bits per heavy atom. The number of hydrogen-bond acceptors (Lipinski definition) is 0. The average Bonchev–Trinajstić information content (AvgIpc) is 3.06. The number of unbranched alkanes of at least 4 members (excludes halogenated alkanes) is 1. The van der Waals surface area contributed by atoms with E-state index in [4.69, 9.17) is 0 Å². The van der Waals surface area contributed by atoms with Crippen LogP contribution in [0, 0.1) is 0 Å². The van der Waals surface area contributed by atoms with Gasteiger partial charge in [-0.3, -0.25) is 0 Å².